The number of likely N-dealkylation sites (N-methyl/N-ethyl adjacent to an activating group) is 1. The molecule has 1 aliphatic carbocycles. The lowest BCUT2D eigenvalue weighted by Crippen LogP contribution is -2.55. The summed E-state index contributed by atoms with van der Waals surface area (Å²) < 4.78 is 5.85. The van der Waals surface area contributed by atoms with Crippen molar-refractivity contribution in [2.45, 2.75) is 64.5 Å². The Morgan fingerprint density at radius 1 is 1.16 bits per heavy atom. The van der Waals surface area contributed by atoms with E-state index < -0.39 is 6.10 Å². The van der Waals surface area contributed by atoms with Gasteiger partial charge in [-0.2, -0.15) is 0 Å². The highest BCUT2D eigenvalue weighted by Gasteiger charge is 2.34. The highest BCUT2D eigenvalue weighted by Crippen LogP contribution is 2.31. The van der Waals surface area contributed by atoms with Gasteiger partial charge in [-0.15, -0.1) is 12.4 Å². The van der Waals surface area contributed by atoms with E-state index in [1.54, 1.807) is 0 Å². The number of nitrogens with one attached hydrogen (secondary N) is 1. The first-order chi connectivity index (χ1) is 11.3. The number of halogens is 1. The molecule has 0 radical (unpaired) electrons. The summed E-state index contributed by atoms with van der Waals surface area (Å²) in [7, 11) is 4.24. The number of carbonyl (C=O) groups excluding carboxylic acids is 1. The van der Waals surface area contributed by atoms with Gasteiger partial charge in [0, 0.05) is 12.1 Å². The number of ether oxygens (including phenoxy) is 1. The van der Waals surface area contributed by atoms with Gasteiger partial charge in [-0.3, -0.25) is 4.79 Å². The van der Waals surface area contributed by atoms with Gasteiger partial charge in [-0.25, -0.2) is 0 Å². The molecule has 1 fully saturated rings. The minimum Gasteiger partial charge on any atom is -0.481 e. The number of rotatable bonds is 6. The van der Waals surface area contributed by atoms with Crippen LogP contribution in [0.5, 0.6) is 5.75 Å². The summed E-state index contributed by atoms with van der Waals surface area (Å²) in [6.07, 6.45) is 5.58. The molecule has 0 aliphatic heterocycles. The van der Waals surface area contributed by atoms with Crippen molar-refractivity contribution in [1.29, 1.82) is 0 Å². The SMILES string of the molecule is Cc1cc(C)cc(OC(C)C(=O)NCC2(N(C)C)CCCCC2)c1.Cl. The van der Waals surface area contributed by atoms with Gasteiger partial charge >= 0.3 is 0 Å². The molecule has 1 aliphatic rings. The van der Waals surface area contributed by atoms with Crippen LogP contribution in [-0.4, -0.2) is 43.1 Å². The molecule has 1 saturated carbocycles. The van der Waals surface area contributed by atoms with Crippen LogP contribution in [-0.2, 0) is 4.79 Å². The molecule has 0 heterocycles. The highest BCUT2D eigenvalue weighted by molar-refractivity contribution is 5.85. The molecular weight excluding hydrogens is 336 g/mol. The Hall–Kier alpha value is -1.26. The number of carbonyl (C=O) groups is 1. The van der Waals surface area contributed by atoms with Crippen molar-refractivity contribution in [2.24, 2.45) is 0 Å². The van der Waals surface area contributed by atoms with E-state index in [0.29, 0.717) is 6.54 Å². The van der Waals surface area contributed by atoms with Crippen LogP contribution in [0.3, 0.4) is 0 Å². The maximum absolute atomic E-state index is 12.5. The van der Waals surface area contributed by atoms with Gasteiger partial charge in [0.25, 0.3) is 5.91 Å². The Kier molecular flexibility index (Phi) is 8.23. The molecule has 0 saturated heterocycles. The van der Waals surface area contributed by atoms with Crippen LogP contribution in [0.1, 0.15) is 50.2 Å². The molecule has 0 spiro atoms. The quantitative estimate of drug-likeness (QED) is 0.828. The molecule has 2 rings (SSSR count). The smallest absolute Gasteiger partial charge is 0.260 e. The minimum absolute atomic E-state index is 0. The van der Waals surface area contributed by atoms with Gasteiger partial charge in [0.15, 0.2) is 6.10 Å². The molecule has 1 amide bonds. The van der Waals surface area contributed by atoms with E-state index in [1.807, 2.05) is 32.9 Å². The van der Waals surface area contributed by atoms with E-state index in [1.165, 1.54) is 19.3 Å². The lowest BCUT2D eigenvalue weighted by molar-refractivity contribution is -0.128. The monoisotopic (exact) mass is 368 g/mol. The van der Waals surface area contributed by atoms with Crippen molar-refractivity contribution >= 4 is 18.3 Å². The molecule has 4 nitrogen and oxygen atoms in total. The van der Waals surface area contributed by atoms with Crippen LogP contribution >= 0.6 is 12.4 Å². The molecule has 0 bridgehead atoms. The Labute approximate surface area is 158 Å². The molecule has 1 unspecified atom stereocenters. The van der Waals surface area contributed by atoms with E-state index in [4.69, 9.17) is 4.74 Å². The van der Waals surface area contributed by atoms with Crippen molar-refractivity contribution in [3.05, 3.63) is 29.3 Å². The Bertz CT molecular complexity index is 549. The lowest BCUT2D eigenvalue weighted by atomic mass is 9.80. The van der Waals surface area contributed by atoms with Crippen LogP contribution < -0.4 is 10.1 Å². The van der Waals surface area contributed by atoms with E-state index in [0.717, 1.165) is 29.7 Å². The van der Waals surface area contributed by atoms with Crippen LogP contribution in [0.15, 0.2) is 18.2 Å². The third kappa shape index (κ3) is 5.89. The average molecular weight is 369 g/mol. The minimum atomic E-state index is -0.492. The second-order valence-corrected chi connectivity index (χ2v) is 7.48. The van der Waals surface area contributed by atoms with Crippen LogP contribution in [0, 0.1) is 13.8 Å². The zero-order chi connectivity index (χ0) is 17.7. The van der Waals surface area contributed by atoms with Gasteiger partial charge in [0.1, 0.15) is 5.75 Å². The summed E-state index contributed by atoms with van der Waals surface area (Å²) in [4.78, 5) is 14.7. The zero-order valence-corrected chi connectivity index (χ0v) is 17.0. The van der Waals surface area contributed by atoms with Gasteiger partial charge in [-0.1, -0.05) is 25.3 Å². The molecular formula is C20H33ClN2O2. The van der Waals surface area contributed by atoms with E-state index in [9.17, 15) is 4.79 Å². The first-order valence-electron chi connectivity index (χ1n) is 9.02. The third-order valence-corrected chi connectivity index (χ3v) is 5.20. The highest BCUT2D eigenvalue weighted by atomic mass is 35.5. The molecule has 0 aromatic heterocycles. The van der Waals surface area contributed by atoms with Crippen molar-refractivity contribution in [3.63, 3.8) is 0 Å². The van der Waals surface area contributed by atoms with Crippen molar-refractivity contribution in [3.8, 4) is 5.75 Å². The summed E-state index contributed by atoms with van der Waals surface area (Å²) in [5.74, 6) is 0.719. The second kappa shape index (κ2) is 9.44. The zero-order valence-electron chi connectivity index (χ0n) is 16.2. The number of aryl methyl sites for hydroxylation is 2. The number of hydrogen-bond donors (Lipinski definition) is 1. The Morgan fingerprint density at radius 3 is 2.24 bits per heavy atom. The number of nitrogens with zero attached hydrogens (tertiary/aromatic N) is 1. The number of amides is 1. The van der Waals surface area contributed by atoms with Crippen LogP contribution in [0.2, 0.25) is 0 Å². The molecule has 25 heavy (non-hydrogen) atoms. The van der Waals surface area contributed by atoms with Crippen molar-refractivity contribution < 1.29 is 9.53 Å². The molecule has 5 heteroatoms. The Morgan fingerprint density at radius 2 is 1.72 bits per heavy atom. The normalized spacial score (nSPS) is 17.5. The topological polar surface area (TPSA) is 41.6 Å². The number of benzene rings is 1. The predicted octanol–water partition coefficient (Wildman–Crippen LogP) is 3.87. The van der Waals surface area contributed by atoms with Crippen LogP contribution in [0.25, 0.3) is 0 Å². The Balaban J connectivity index is 0.00000312. The fraction of sp³-hybridized carbons (Fsp3) is 0.650. The van der Waals surface area contributed by atoms with Crippen molar-refractivity contribution in [2.75, 3.05) is 20.6 Å². The average Bonchev–Trinajstić information content (AvgIpc) is 2.52. The van der Waals surface area contributed by atoms with Gasteiger partial charge in [-0.05, 0) is 71.0 Å². The summed E-state index contributed by atoms with van der Waals surface area (Å²) in [5, 5.41) is 3.12. The van der Waals surface area contributed by atoms with Gasteiger partial charge < -0.3 is 15.0 Å². The molecule has 1 aromatic carbocycles. The standard InChI is InChI=1S/C20H32N2O2.ClH/c1-15-11-16(2)13-18(12-15)24-17(3)19(23)21-14-20(22(4)5)9-7-6-8-10-20;/h11-13,17H,6-10,14H2,1-5H3,(H,21,23);1H. The summed E-state index contributed by atoms with van der Waals surface area (Å²) in [5.41, 5.74) is 2.38. The van der Waals surface area contributed by atoms with Crippen molar-refractivity contribution in [1.82, 2.24) is 10.2 Å². The number of hydrogen-bond acceptors (Lipinski definition) is 3. The fourth-order valence-corrected chi connectivity index (χ4v) is 3.65. The second-order valence-electron chi connectivity index (χ2n) is 7.48. The fourth-order valence-electron chi connectivity index (χ4n) is 3.65. The molecule has 142 valence electrons. The first-order valence-corrected chi connectivity index (χ1v) is 9.02. The molecule has 1 atom stereocenters. The predicted molar refractivity (Wildman–Crippen MR) is 106 cm³/mol. The lowest BCUT2D eigenvalue weighted by Gasteiger charge is -2.43. The maximum Gasteiger partial charge on any atom is 0.260 e. The molecule has 1 aromatic rings. The summed E-state index contributed by atoms with van der Waals surface area (Å²) in [6.45, 7) is 6.58. The van der Waals surface area contributed by atoms with Gasteiger partial charge in [0.05, 0.1) is 0 Å². The summed E-state index contributed by atoms with van der Waals surface area (Å²) >= 11 is 0. The van der Waals surface area contributed by atoms with E-state index >= 15 is 0 Å². The first kappa shape index (κ1) is 21.8. The largest absolute Gasteiger partial charge is 0.481 e. The van der Waals surface area contributed by atoms with Crippen LogP contribution in [0.4, 0.5) is 0 Å². The van der Waals surface area contributed by atoms with E-state index in [-0.39, 0.29) is 23.9 Å². The summed E-state index contributed by atoms with van der Waals surface area (Å²) in [6, 6.07) is 6.04. The van der Waals surface area contributed by atoms with Gasteiger partial charge in [0.2, 0.25) is 0 Å². The van der Waals surface area contributed by atoms with E-state index in [2.05, 4.69) is 30.4 Å². The maximum atomic E-state index is 12.5. The molecule has 1 N–H and O–H groups in total. The third-order valence-electron chi connectivity index (χ3n) is 5.20.